The SMILES string of the molecule is C=C(C(=O)OCO)C1CCCCC1. The maximum atomic E-state index is 11.2. The Morgan fingerprint density at radius 2 is 2.00 bits per heavy atom. The molecular formula is C10H16O3. The van der Waals surface area contributed by atoms with Gasteiger partial charge in [-0.25, -0.2) is 4.79 Å². The zero-order chi connectivity index (χ0) is 9.68. The number of rotatable bonds is 3. The van der Waals surface area contributed by atoms with E-state index in [2.05, 4.69) is 11.3 Å². The van der Waals surface area contributed by atoms with Gasteiger partial charge in [0.15, 0.2) is 6.79 Å². The van der Waals surface area contributed by atoms with Crippen molar-refractivity contribution < 1.29 is 14.6 Å². The average Bonchev–Trinajstić information content (AvgIpc) is 2.18. The van der Waals surface area contributed by atoms with E-state index in [1.54, 1.807) is 0 Å². The highest BCUT2D eigenvalue weighted by Gasteiger charge is 2.21. The van der Waals surface area contributed by atoms with E-state index in [1.165, 1.54) is 6.42 Å². The fourth-order valence-electron chi connectivity index (χ4n) is 1.77. The Balaban J connectivity index is 2.40. The lowest BCUT2D eigenvalue weighted by Gasteiger charge is -2.22. The molecule has 3 heteroatoms. The Morgan fingerprint density at radius 3 is 2.54 bits per heavy atom. The molecule has 0 aromatic rings. The minimum Gasteiger partial charge on any atom is -0.435 e. The molecule has 1 saturated carbocycles. The molecule has 0 aromatic heterocycles. The summed E-state index contributed by atoms with van der Waals surface area (Å²) in [5.74, 6) is -0.179. The number of esters is 1. The molecule has 1 aliphatic carbocycles. The van der Waals surface area contributed by atoms with Gasteiger partial charge in [-0.15, -0.1) is 0 Å². The van der Waals surface area contributed by atoms with Crippen molar-refractivity contribution in [3.05, 3.63) is 12.2 Å². The molecule has 1 rings (SSSR count). The number of aliphatic hydroxyl groups is 1. The van der Waals surface area contributed by atoms with Crippen LogP contribution < -0.4 is 0 Å². The van der Waals surface area contributed by atoms with Gasteiger partial charge in [0.05, 0.1) is 0 Å². The van der Waals surface area contributed by atoms with E-state index < -0.39 is 12.8 Å². The quantitative estimate of drug-likeness (QED) is 0.412. The largest absolute Gasteiger partial charge is 0.435 e. The summed E-state index contributed by atoms with van der Waals surface area (Å²) in [6.45, 7) is 3.16. The number of carbonyl (C=O) groups excluding carboxylic acids is 1. The molecule has 0 unspecified atom stereocenters. The summed E-state index contributed by atoms with van der Waals surface area (Å²) in [4.78, 5) is 11.2. The lowest BCUT2D eigenvalue weighted by atomic mass is 9.84. The molecule has 0 heterocycles. The Kier molecular flexibility index (Phi) is 3.96. The van der Waals surface area contributed by atoms with Crippen LogP contribution in [0, 0.1) is 5.92 Å². The molecular weight excluding hydrogens is 168 g/mol. The third-order valence-electron chi connectivity index (χ3n) is 2.56. The molecule has 0 amide bonds. The van der Waals surface area contributed by atoms with Gasteiger partial charge in [0.25, 0.3) is 0 Å². The normalized spacial score (nSPS) is 18.2. The standard InChI is InChI=1S/C10H16O3/c1-8(10(12)13-7-11)9-5-3-2-4-6-9/h9,11H,1-7H2. The van der Waals surface area contributed by atoms with Crippen LogP contribution in [0.2, 0.25) is 0 Å². The summed E-state index contributed by atoms with van der Waals surface area (Å²) in [5, 5.41) is 8.40. The zero-order valence-electron chi connectivity index (χ0n) is 7.79. The molecule has 74 valence electrons. The third-order valence-corrected chi connectivity index (χ3v) is 2.56. The van der Waals surface area contributed by atoms with Gasteiger partial charge in [-0.1, -0.05) is 25.8 Å². The van der Waals surface area contributed by atoms with Crippen LogP contribution in [0.15, 0.2) is 12.2 Å². The highest BCUT2D eigenvalue weighted by molar-refractivity contribution is 5.88. The summed E-state index contributed by atoms with van der Waals surface area (Å²) in [7, 11) is 0. The minimum absolute atomic E-state index is 0.271. The van der Waals surface area contributed by atoms with Gasteiger partial charge >= 0.3 is 5.97 Å². The predicted octanol–water partition coefficient (Wildman–Crippen LogP) is 1.62. The second kappa shape index (κ2) is 5.02. The molecule has 0 spiro atoms. The first-order valence-electron chi connectivity index (χ1n) is 4.72. The Bertz CT molecular complexity index is 192. The number of carbonyl (C=O) groups is 1. The highest BCUT2D eigenvalue weighted by atomic mass is 16.6. The fraction of sp³-hybridized carbons (Fsp3) is 0.700. The Labute approximate surface area is 78.4 Å². The second-order valence-corrected chi connectivity index (χ2v) is 3.42. The monoisotopic (exact) mass is 184 g/mol. The van der Waals surface area contributed by atoms with Gasteiger partial charge in [0, 0.05) is 5.57 Å². The first-order chi connectivity index (χ1) is 6.25. The van der Waals surface area contributed by atoms with Gasteiger partial charge in [-0.05, 0) is 18.8 Å². The van der Waals surface area contributed by atoms with Crippen LogP contribution in [0.25, 0.3) is 0 Å². The van der Waals surface area contributed by atoms with Gasteiger partial charge in [-0.2, -0.15) is 0 Å². The summed E-state index contributed by atoms with van der Waals surface area (Å²) in [5.41, 5.74) is 0.522. The first-order valence-corrected chi connectivity index (χ1v) is 4.72. The van der Waals surface area contributed by atoms with Crippen molar-refractivity contribution >= 4 is 5.97 Å². The van der Waals surface area contributed by atoms with Crippen LogP contribution in [-0.2, 0) is 9.53 Å². The van der Waals surface area contributed by atoms with E-state index in [0.29, 0.717) is 5.57 Å². The Morgan fingerprint density at radius 1 is 1.38 bits per heavy atom. The van der Waals surface area contributed by atoms with Crippen LogP contribution in [0.3, 0.4) is 0 Å². The van der Waals surface area contributed by atoms with Gasteiger partial charge in [0.2, 0.25) is 0 Å². The first kappa shape index (κ1) is 10.3. The van der Waals surface area contributed by atoms with Gasteiger partial charge < -0.3 is 9.84 Å². The van der Waals surface area contributed by atoms with E-state index in [9.17, 15) is 4.79 Å². The Hall–Kier alpha value is -0.830. The molecule has 0 saturated heterocycles. The minimum atomic E-state index is -0.551. The highest BCUT2D eigenvalue weighted by Crippen LogP contribution is 2.29. The maximum absolute atomic E-state index is 11.2. The second-order valence-electron chi connectivity index (χ2n) is 3.42. The molecule has 1 fully saturated rings. The number of aliphatic hydroxyl groups excluding tert-OH is 1. The van der Waals surface area contributed by atoms with Crippen molar-refractivity contribution in [1.82, 2.24) is 0 Å². The molecule has 13 heavy (non-hydrogen) atoms. The smallest absolute Gasteiger partial charge is 0.335 e. The molecule has 3 nitrogen and oxygen atoms in total. The lowest BCUT2D eigenvalue weighted by molar-refractivity contribution is -0.147. The van der Waals surface area contributed by atoms with Crippen molar-refractivity contribution in [2.75, 3.05) is 6.79 Å². The average molecular weight is 184 g/mol. The molecule has 0 aromatic carbocycles. The van der Waals surface area contributed by atoms with E-state index in [4.69, 9.17) is 5.11 Å². The van der Waals surface area contributed by atoms with E-state index in [-0.39, 0.29) is 5.92 Å². The van der Waals surface area contributed by atoms with E-state index in [0.717, 1.165) is 25.7 Å². The van der Waals surface area contributed by atoms with Crippen molar-refractivity contribution in [3.63, 3.8) is 0 Å². The van der Waals surface area contributed by atoms with Crippen molar-refractivity contribution in [1.29, 1.82) is 0 Å². The van der Waals surface area contributed by atoms with Crippen molar-refractivity contribution in [2.24, 2.45) is 5.92 Å². The number of ether oxygens (including phenoxy) is 1. The predicted molar refractivity (Wildman–Crippen MR) is 48.9 cm³/mol. The fourth-order valence-corrected chi connectivity index (χ4v) is 1.77. The molecule has 0 bridgehead atoms. The summed E-state index contributed by atoms with van der Waals surface area (Å²) < 4.78 is 4.47. The van der Waals surface area contributed by atoms with Crippen LogP contribution in [0.1, 0.15) is 32.1 Å². The van der Waals surface area contributed by atoms with Crippen molar-refractivity contribution in [3.8, 4) is 0 Å². The summed E-state index contributed by atoms with van der Waals surface area (Å²) in [6, 6.07) is 0. The number of hydrogen-bond donors (Lipinski definition) is 1. The summed E-state index contributed by atoms with van der Waals surface area (Å²) in [6.07, 6.45) is 5.63. The van der Waals surface area contributed by atoms with Crippen molar-refractivity contribution in [2.45, 2.75) is 32.1 Å². The van der Waals surface area contributed by atoms with Crippen LogP contribution in [-0.4, -0.2) is 17.9 Å². The number of hydrogen-bond acceptors (Lipinski definition) is 3. The van der Waals surface area contributed by atoms with Gasteiger partial charge in [0.1, 0.15) is 0 Å². The van der Waals surface area contributed by atoms with Gasteiger partial charge in [-0.3, -0.25) is 0 Å². The van der Waals surface area contributed by atoms with Crippen LogP contribution in [0.4, 0.5) is 0 Å². The molecule has 0 atom stereocenters. The molecule has 0 aliphatic heterocycles. The molecule has 1 N–H and O–H groups in total. The lowest BCUT2D eigenvalue weighted by Crippen LogP contribution is -2.17. The van der Waals surface area contributed by atoms with Crippen LogP contribution in [0.5, 0.6) is 0 Å². The zero-order valence-corrected chi connectivity index (χ0v) is 7.79. The van der Waals surface area contributed by atoms with E-state index in [1.807, 2.05) is 0 Å². The summed E-state index contributed by atoms with van der Waals surface area (Å²) >= 11 is 0. The van der Waals surface area contributed by atoms with Crippen LogP contribution >= 0.6 is 0 Å². The topological polar surface area (TPSA) is 46.5 Å². The molecule has 1 aliphatic rings. The van der Waals surface area contributed by atoms with E-state index >= 15 is 0 Å². The third kappa shape index (κ3) is 2.84. The molecule has 0 radical (unpaired) electrons. The maximum Gasteiger partial charge on any atom is 0.335 e.